The summed E-state index contributed by atoms with van der Waals surface area (Å²) in [4.78, 5) is 3.98. The lowest BCUT2D eigenvalue weighted by molar-refractivity contribution is 1.32. The Bertz CT molecular complexity index is 542. The van der Waals surface area contributed by atoms with Gasteiger partial charge in [0.25, 0.3) is 0 Å². The van der Waals surface area contributed by atoms with Crippen molar-refractivity contribution in [1.29, 1.82) is 0 Å². The summed E-state index contributed by atoms with van der Waals surface area (Å²) in [5, 5.41) is 0. The molecule has 0 spiro atoms. The molecule has 0 aliphatic heterocycles. The summed E-state index contributed by atoms with van der Waals surface area (Å²) in [5.41, 5.74) is 9.78. The Morgan fingerprint density at radius 2 is 1.76 bits per heavy atom. The number of nitrogens with two attached hydrogens (primary N) is 1. The lowest BCUT2D eigenvalue weighted by atomic mass is 10.1. The van der Waals surface area contributed by atoms with Crippen molar-refractivity contribution in [1.82, 2.24) is 4.98 Å². The van der Waals surface area contributed by atoms with Crippen LogP contribution >= 0.6 is 0 Å². The van der Waals surface area contributed by atoms with Crippen LogP contribution in [0.25, 0.3) is 18.2 Å². The van der Waals surface area contributed by atoms with Gasteiger partial charge in [-0.05, 0) is 41.0 Å². The first-order chi connectivity index (χ1) is 8.29. The van der Waals surface area contributed by atoms with E-state index in [1.54, 1.807) is 12.4 Å². The van der Waals surface area contributed by atoms with Gasteiger partial charge in [-0.1, -0.05) is 30.9 Å². The highest BCUT2D eigenvalue weighted by molar-refractivity contribution is 5.76. The van der Waals surface area contributed by atoms with E-state index in [1.165, 1.54) is 0 Å². The Morgan fingerprint density at radius 3 is 2.47 bits per heavy atom. The predicted octanol–water partition coefficient (Wildman–Crippen LogP) is 3.48. The first-order valence-corrected chi connectivity index (χ1v) is 5.39. The van der Waals surface area contributed by atoms with Gasteiger partial charge in [0.15, 0.2) is 0 Å². The second kappa shape index (κ2) is 5.12. The number of nitrogen functional groups attached to an aromatic ring is 1. The molecule has 0 fully saturated rings. The van der Waals surface area contributed by atoms with E-state index in [1.807, 2.05) is 48.6 Å². The van der Waals surface area contributed by atoms with Crippen LogP contribution in [-0.2, 0) is 0 Å². The Kier molecular flexibility index (Phi) is 3.36. The fourth-order valence-electron chi connectivity index (χ4n) is 1.58. The number of nitrogens with zero attached hydrogens (tertiary/aromatic N) is 1. The Balaban J connectivity index is 2.32. The summed E-state index contributed by atoms with van der Waals surface area (Å²) in [6, 6.07) is 9.69. The molecule has 0 saturated carbocycles. The number of aromatic nitrogens is 1. The lowest BCUT2D eigenvalue weighted by Gasteiger charge is -2.02. The number of hydrogen-bond acceptors (Lipinski definition) is 2. The lowest BCUT2D eigenvalue weighted by Crippen LogP contribution is -1.87. The van der Waals surface area contributed by atoms with E-state index < -0.39 is 0 Å². The van der Waals surface area contributed by atoms with Crippen LogP contribution in [0.5, 0.6) is 0 Å². The number of pyridine rings is 1. The standard InChI is InChI=1S/C15H14N2/c1-2-13-5-6-15(16)11-14(13)4-3-12-7-9-17-10-8-12/h2-11H,1,16H2/b4-3+. The summed E-state index contributed by atoms with van der Waals surface area (Å²) in [5.74, 6) is 0. The fourth-order valence-corrected chi connectivity index (χ4v) is 1.58. The molecule has 2 aromatic rings. The molecule has 1 aromatic carbocycles. The van der Waals surface area contributed by atoms with E-state index in [9.17, 15) is 0 Å². The Morgan fingerprint density at radius 1 is 1.00 bits per heavy atom. The van der Waals surface area contributed by atoms with E-state index in [0.29, 0.717) is 0 Å². The summed E-state index contributed by atoms with van der Waals surface area (Å²) in [6.45, 7) is 3.79. The molecule has 0 amide bonds. The normalized spacial score (nSPS) is 10.6. The number of hydrogen-bond donors (Lipinski definition) is 1. The molecule has 0 unspecified atom stereocenters. The maximum absolute atomic E-state index is 5.77. The van der Waals surface area contributed by atoms with Crippen molar-refractivity contribution in [2.24, 2.45) is 0 Å². The highest BCUT2D eigenvalue weighted by atomic mass is 14.6. The van der Waals surface area contributed by atoms with Crippen molar-refractivity contribution in [3.63, 3.8) is 0 Å². The smallest absolute Gasteiger partial charge is 0.0320 e. The second-order valence-corrected chi connectivity index (χ2v) is 3.71. The van der Waals surface area contributed by atoms with Crippen LogP contribution in [0.1, 0.15) is 16.7 Å². The van der Waals surface area contributed by atoms with Gasteiger partial charge in [0.2, 0.25) is 0 Å². The molecule has 0 saturated heterocycles. The van der Waals surface area contributed by atoms with Crippen LogP contribution in [0.3, 0.4) is 0 Å². The Hall–Kier alpha value is -2.35. The highest BCUT2D eigenvalue weighted by Crippen LogP contribution is 2.17. The molecular formula is C15H14N2. The molecule has 0 aliphatic rings. The maximum Gasteiger partial charge on any atom is 0.0320 e. The van der Waals surface area contributed by atoms with Crippen LogP contribution in [0, 0.1) is 0 Å². The Labute approximate surface area is 101 Å². The van der Waals surface area contributed by atoms with Crippen molar-refractivity contribution < 1.29 is 0 Å². The molecule has 1 heterocycles. The molecule has 0 aliphatic carbocycles. The molecule has 0 atom stereocenters. The van der Waals surface area contributed by atoms with E-state index >= 15 is 0 Å². The minimum absolute atomic E-state index is 0.755. The molecule has 0 radical (unpaired) electrons. The number of benzene rings is 1. The molecule has 2 rings (SSSR count). The average Bonchev–Trinajstić information content (AvgIpc) is 2.38. The number of rotatable bonds is 3. The van der Waals surface area contributed by atoms with Gasteiger partial charge in [-0.15, -0.1) is 0 Å². The molecule has 0 bridgehead atoms. The van der Waals surface area contributed by atoms with Crippen molar-refractivity contribution in [3.05, 3.63) is 66.0 Å². The third-order valence-electron chi connectivity index (χ3n) is 2.49. The minimum atomic E-state index is 0.755. The first-order valence-electron chi connectivity index (χ1n) is 5.39. The van der Waals surface area contributed by atoms with E-state index in [-0.39, 0.29) is 0 Å². The van der Waals surface area contributed by atoms with E-state index in [0.717, 1.165) is 22.4 Å². The van der Waals surface area contributed by atoms with Gasteiger partial charge >= 0.3 is 0 Å². The maximum atomic E-state index is 5.77. The zero-order valence-corrected chi connectivity index (χ0v) is 9.51. The van der Waals surface area contributed by atoms with Crippen LogP contribution in [0.15, 0.2) is 49.3 Å². The zero-order valence-electron chi connectivity index (χ0n) is 9.51. The van der Waals surface area contributed by atoms with Crippen LogP contribution in [0.4, 0.5) is 5.69 Å². The minimum Gasteiger partial charge on any atom is -0.399 e. The molecular weight excluding hydrogens is 208 g/mol. The van der Waals surface area contributed by atoms with Crippen LogP contribution in [-0.4, -0.2) is 4.98 Å². The van der Waals surface area contributed by atoms with Gasteiger partial charge in [0.1, 0.15) is 0 Å². The van der Waals surface area contributed by atoms with Gasteiger partial charge < -0.3 is 5.73 Å². The molecule has 84 valence electrons. The van der Waals surface area contributed by atoms with Crippen LogP contribution in [0.2, 0.25) is 0 Å². The van der Waals surface area contributed by atoms with Gasteiger partial charge in [0, 0.05) is 18.1 Å². The molecule has 1 aromatic heterocycles. The highest BCUT2D eigenvalue weighted by Gasteiger charge is 1.96. The van der Waals surface area contributed by atoms with Crippen molar-refractivity contribution in [3.8, 4) is 0 Å². The molecule has 2 N–H and O–H groups in total. The fraction of sp³-hybridized carbons (Fsp3) is 0. The topological polar surface area (TPSA) is 38.9 Å². The summed E-state index contributed by atoms with van der Waals surface area (Å²) in [6.07, 6.45) is 9.43. The van der Waals surface area contributed by atoms with E-state index in [2.05, 4.69) is 11.6 Å². The van der Waals surface area contributed by atoms with Crippen molar-refractivity contribution in [2.75, 3.05) is 5.73 Å². The van der Waals surface area contributed by atoms with Gasteiger partial charge in [0.05, 0.1) is 0 Å². The SMILES string of the molecule is C=Cc1ccc(N)cc1/C=C/c1ccncc1. The predicted molar refractivity (Wildman–Crippen MR) is 74.1 cm³/mol. The molecule has 2 heteroatoms. The largest absolute Gasteiger partial charge is 0.399 e. The second-order valence-electron chi connectivity index (χ2n) is 3.71. The number of anilines is 1. The summed E-state index contributed by atoms with van der Waals surface area (Å²) < 4.78 is 0. The first kappa shape index (κ1) is 11.1. The van der Waals surface area contributed by atoms with Crippen molar-refractivity contribution >= 4 is 23.9 Å². The van der Waals surface area contributed by atoms with Crippen LogP contribution < -0.4 is 5.73 Å². The quantitative estimate of drug-likeness (QED) is 0.807. The summed E-state index contributed by atoms with van der Waals surface area (Å²) in [7, 11) is 0. The monoisotopic (exact) mass is 222 g/mol. The van der Waals surface area contributed by atoms with Gasteiger partial charge in [-0.3, -0.25) is 4.98 Å². The summed E-state index contributed by atoms with van der Waals surface area (Å²) >= 11 is 0. The zero-order chi connectivity index (χ0) is 12.1. The van der Waals surface area contributed by atoms with Crippen molar-refractivity contribution in [2.45, 2.75) is 0 Å². The molecule has 17 heavy (non-hydrogen) atoms. The average molecular weight is 222 g/mol. The van der Waals surface area contributed by atoms with Gasteiger partial charge in [-0.25, -0.2) is 0 Å². The third-order valence-corrected chi connectivity index (χ3v) is 2.49. The molecule has 2 nitrogen and oxygen atoms in total. The van der Waals surface area contributed by atoms with Gasteiger partial charge in [-0.2, -0.15) is 0 Å². The third kappa shape index (κ3) is 2.82. The van der Waals surface area contributed by atoms with E-state index in [4.69, 9.17) is 5.73 Å².